The quantitative estimate of drug-likeness (QED) is 0.753. The Kier molecular flexibility index (Phi) is 3.33. The molecule has 2 N–H and O–H groups in total. The number of aromatic nitrogens is 4. The van der Waals surface area contributed by atoms with E-state index in [2.05, 4.69) is 20.4 Å². The zero-order valence-corrected chi connectivity index (χ0v) is 11.3. The van der Waals surface area contributed by atoms with Gasteiger partial charge in [0.2, 0.25) is 0 Å². The van der Waals surface area contributed by atoms with Gasteiger partial charge in [0.1, 0.15) is 6.33 Å². The number of fused-ring (bicyclic) bond motifs is 1. The molecule has 0 saturated heterocycles. The molecule has 0 atom stereocenters. The maximum atomic E-state index is 12.4. The molecular weight excluding hydrogens is 270 g/mol. The predicted octanol–water partition coefficient (Wildman–Crippen LogP) is 1.18. The van der Waals surface area contributed by atoms with Crippen LogP contribution in [0.5, 0.6) is 0 Å². The van der Waals surface area contributed by atoms with E-state index in [0.29, 0.717) is 28.3 Å². The van der Waals surface area contributed by atoms with Crippen LogP contribution in [-0.2, 0) is 6.61 Å². The van der Waals surface area contributed by atoms with E-state index in [9.17, 15) is 9.90 Å². The van der Waals surface area contributed by atoms with Gasteiger partial charge in [0.25, 0.3) is 11.7 Å². The molecule has 0 unspecified atom stereocenters. The highest BCUT2D eigenvalue weighted by Gasteiger charge is 2.14. The summed E-state index contributed by atoms with van der Waals surface area (Å²) < 4.78 is 1.51. The highest BCUT2D eigenvalue weighted by molar-refractivity contribution is 6.05. The third kappa shape index (κ3) is 2.34. The first kappa shape index (κ1) is 13.2. The van der Waals surface area contributed by atoms with Crippen molar-refractivity contribution in [2.75, 3.05) is 5.32 Å². The number of nitrogens with one attached hydrogen (secondary N) is 1. The number of carbonyl (C=O) groups excluding carboxylic acids is 1. The van der Waals surface area contributed by atoms with Crippen LogP contribution in [-0.4, -0.2) is 30.6 Å². The Morgan fingerprint density at radius 2 is 2.14 bits per heavy atom. The van der Waals surface area contributed by atoms with Crippen LogP contribution in [0.3, 0.4) is 0 Å². The molecule has 106 valence electrons. The molecule has 1 amide bonds. The van der Waals surface area contributed by atoms with Gasteiger partial charge in [-0.3, -0.25) is 4.79 Å². The summed E-state index contributed by atoms with van der Waals surface area (Å²) in [5, 5.41) is 16.1. The molecule has 0 spiro atoms. The highest BCUT2D eigenvalue weighted by atomic mass is 16.3. The minimum Gasteiger partial charge on any atom is -0.392 e. The molecule has 2 heterocycles. The Bertz CT molecular complexity index is 812. The number of aliphatic hydroxyl groups is 1. The lowest BCUT2D eigenvalue weighted by molar-refractivity contribution is 0.102. The number of nitrogens with zero attached hydrogens (tertiary/aromatic N) is 4. The lowest BCUT2D eigenvalue weighted by Gasteiger charge is -2.10. The van der Waals surface area contributed by atoms with Crippen molar-refractivity contribution in [3.8, 4) is 0 Å². The largest absolute Gasteiger partial charge is 0.392 e. The summed E-state index contributed by atoms with van der Waals surface area (Å²) in [4.78, 5) is 20.4. The fourth-order valence-electron chi connectivity index (χ4n) is 2.08. The summed E-state index contributed by atoms with van der Waals surface area (Å²) >= 11 is 0. The average Bonchev–Trinajstić information content (AvgIpc) is 2.97. The minimum absolute atomic E-state index is 0.143. The summed E-state index contributed by atoms with van der Waals surface area (Å²) in [5.74, 6) is 0.137. The molecule has 0 saturated carbocycles. The van der Waals surface area contributed by atoms with E-state index in [1.165, 1.54) is 17.0 Å². The van der Waals surface area contributed by atoms with Crippen molar-refractivity contribution in [1.82, 2.24) is 19.6 Å². The molecule has 3 aromatic rings. The Labute approximate surface area is 120 Å². The van der Waals surface area contributed by atoms with E-state index in [1.807, 2.05) is 0 Å². The highest BCUT2D eigenvalue weighted by Crippen LogP contribution is 2.17. The topological polar surface area (TPSA) is 92.4 Å². The fraction of sp³-hybridized carbons (Fsp3) is 0.143. The maximum absolute atomic E-state index is 12.4. The lowest BCUT2D eigenvalue weighted by atomic mass is 10.1. The van der Waals surface area contributed by atoms with Crippen LogP contribution >= 0.6 is 0 Å². The molecule has 21 heavy (non-hydrogen) atoms. The minimum atomic E-state index is -0.307. The molecule has 1 aromatic carbocycles. The van der Waals surface area contributed by atoms with Crippen molar-refractivity contribution in [1.29, 1.82) is 0 Å². The van der Waals surface area contributed by atoms with Crippen molar-refractivity contribution in [3.05, 3.63) is 53.6 Å². The predicted molar refractivity (Wildman–Crippen MR) is 75.8 cm³/mol. The molecule has 2 aromatic heterocycles. The van der Waals surface area contributed by atoms with Gasteiger partial charge in [-0.05, 0) is 13.0 Å². The SMILES string of the molecule is Cc1c(C(=O)Nc2ccccc2CO)cnc2ncnn12. The van der Waals surface area contributed by atoms with Crippen LogP contribution in [0.25, 0.3) is 5.78 Å². The number of rotatable bonds is 3. The first-order valence-corrected chi connectivity index (χ1v) is 6.36. The van der Waals surface area contributed by atoms with Gasteiger partial charge in [-0.25, -0.2) is 9.50 Å². The number of benzene rings is 1. The molecule has 0 radical (unpaired) electrons. The van der Waals surface area contributed by atoms with E-state index in [4.69, 9.17) is 0 Å². The van der Waals surface area contributed by atoms with Crippen LogP contribution in [0.1, 0.15) is 21.6 Å². The van der Waals surface area contributed by atoms with Crippen molar-refractivity contribution in [2.45, 2.75) is 13.5 Å². The summed E-state index contributed by atoms with van der Waals surface area (Å²) in [7, 11) is 0. The third-order valence-corrected chi connectivity index (χ3v) is 3.23. The van der Waals surface area contributed by atoms with Gasteiger partial charge < -0.3 is 10.4 Å². The van der Waals surface area contributed by atoms with Crippen LogP contribution in [0.2, 0.25) is 0 Å². The van der Waals surface area contributed by atoms with E-state index < -0.39 is 0 Å². The molecule has 0 aliphatic carbocycles. The number of aliphatic hydroxyl groups excluding tert-OH is 1. The van der Waals surface area contributed by atoms with Gasteiger partial charge in [-0.1, -0.05) is 18.2 Å². The second-order valence-electron chi connectivity index (χ2n) is 4.50. The van der Waals surface area contributed by atoms with Crippen molar-refractivity contribution >= 4 is 17.4 Å². The van der Waals surface area contributed by atoms with Gasteiger partial charge in [0, 0.05) is 17.4 Å². The first-order valence-electron chi connectivity index (χ1n) is 6.36. The lowest BCUT2D eigenvalue weighted by Crippen LogP contribution is -2.17. The van der Waals surface area contributed by atoms with Crippen LogP contribution in [0, 0.1) is 6.92 Å². The molecule has 0 aliphatic heterocycles. The zero-order chi connectivity index (χ0) is 14.8. The number of anilines is 1. The molecular formula is C14H13N5O2. The maximum Gasteiger partial charge on any atom is 0.259 e. The molecule has 3 rings (SSSR count). The van der Waals surface area contributed by atoms with Crippen LogP contribution < -0.4 is 5.32 Å². The van der Waals surface area contributed by atoms with Crippen molar-refractivity contribution in [3.63, 3.8) is 0 Å². The number of hydrogen-bond donors (Lipinski definition) is 2. The molecule has 0 fully saturated rings. The Hall–Kier alpha value is -2.80. The summed E-state index contributed by atoms with van der Waals surface area (Å²) in [6, 6.07) is 7.08. The second-order valence-corrected chi connectivity index (χ2v) is 4.50. The van der Waals surface area contributed by atoms with Gasteiger partial charge in [0.15, 0.2) is 0 Å². The Balaban J connectivity index is 1.95. The number of hydrogen-bond acceptors (Lipinski definition) is 5. The molecule has 7 heteroatoms. The van der Waals surface area contributed by atoms with E-state index >= 15 is 0 Å². The van der Waals surface area contributed by atoms with E-state index in [0.717, 1.165) is 0 Å². The molecule has 0 aliphatic rings. The number of para-hydroxylation sites is 1. The molecule has 7 nitrogen and oxygen atoms in total. The van der Waals surface area contributed by atoms with E-state index in [1.54, 1.807) is 31.2 Å². The fourth-order valence-corrected chi connectivity index (χ4v) is 2.08. The average molecular weight is 283 g/mol. The standard InChI is InChI=1S/C14H13N5O2/c1-9-11(6-15-14-16-8-17-19(9)14)13(21)18-12-5-3-2-4-10(12)7-20/h2-6,8,20H,7H2,1H3,(H,18,21). The first-order chi connectivity index (χ1) is 10.2. The Morgan fingerprint density at radius 1 is 1.33 bits per heavy atom. The zero-order valence-electron chi connectivity index (χ0n) is 11.3. The monoisotopic (exact) mass is 283 g/mol. The Morgan fingerprint density at radius 3 is 2.95 bits per heavy atom. The van der Waals surface area contributed by atoms with Gasteiger partial charge in [0.05, 0.1) is 17.9 Å². The number of carbonyl (C=O) groups is 1. The normalized spacial score (nSPS) is 10.8. The van der Waals surface area contributed by atoms with Crippen molar-refractivity contribution < 1.29 is 9.90 Å². The van der Waals surface area contributed by atoms with Gasteiger partial charge in [-0.2, -0.15) is 10.1 Å². The summed E-state index contributed by atoms with van der Waals surface area (Å²) in [6.07, 6.45) is 2.86. The van der Waals surface area contributed by atoms with Crippen molar-refractivity contribution in [2.24, 2.45) is 0 Å². The smallest absolute Gasteiger partial charge is 0.259 e. The number of aryl methyl sites for hydroxylation is 1. The summed E-state index contributed by atoms with van der Waals surface area (Å²) in [5.41, 5.74) is 2.28. The van der Waals surface area contributed by atoms with E-state index in [-0.39, 0.29) is 12.5 Å². The van der Waals surface area contributed by atoms with Crippen LogP contribution in [0.4, 0.5) is 5.69 Å². The van der Waals surface area contributed by atoms with Crippen LogP contribution in [0.15, 0.2) is 36.8 Å². The molecule has 0 bridgehead atoms. The summed E-state index contributed by atoms with van der Waals surface area (Å²) in [6.45, 7) is 1.63. The van der Waals surface area contributed by atoms with Gasteiger partial charge >= 0.3 is 0 Å². The third-order valence-electron chi connectivity index (χ3n) is 3.23. The second kappa shape index (κ2) is 5.29. The van der Waals surface area contributed by atoms with Gasteiger partial charge in [-0.15, -0.1) is 0 Å². The number of amides is 1.